The Kier molecular flexibility index (Phi) is 10.2. The molecule has 40 heavy (non-hydrogen) atoms. The number of rotatable bonds is 9. The predicted molar refractivity (Wildman–Crippen MR) is 157 cm³/mol. The molecule has 1 aliphatic heterocycles. The highest BCUT2D eigenvalue weighted by molar-refractivity contribution is 7.89. The summed E-state index contributed by atoms with van der Waals surface area (Å²) in [6.45, 7) is 3.59. The normalized spacial score (nSPS) is 21.4. The van der Waals surface area contributed by atoms with Gasteiger partial charge >= 0.3 is 5.97 Å². The molecule has 8 nitrogen and oxygen atoms in total. The zero-order valence-electron chi connectivity index (χ0n) is 22.8. The number of aromatic carboxylic acids is 1. The van der Waals surface area contributed by atoms with Crippen molar-refractivity contribution in [1.29, 1.82) is 0 Å². The summed E-state index contributed by atoms with van der Waals surface area (Å²) >= 11 is 6.26. The van der Waals surface area contributed by atoms with Crippen molar-refractivity contribution in [3.05, 3.63) is 70.3 Å². The van der Waals surface area contributed by atoms with Gasteiger partial charge in [-0.1, -0.05) is 36.7 Å². The van der Waals surface area contributed by atoms with Crippen LogP contribution < -0.4 is 14.8 Å². The van der Waals surface area contributed by atoms with Crippen molar-refractivity contribution in [2.45, 2.75) is 58.2 Å². The minimum atomic E-state index is -3.53. The second-order valence-electron chi connectivity index (χ2n) is 11.2. The number of aliphatic hydroxyl groups excluding tert-OH is 1. The van der Waals surface area contributed by atoms with Crippen LogP contribution >= 0.6 is 11.6 Å². The molecule has 2 aromatic carbocycles. The summed E-state index contributed by atoms with van der Waals surface area (Å²) in [5.74, 6) is -0.281. The largest absolute Gasteiger partial charge is 0.487 e. The molecular formula is C30H39ClN2O6S. The molecule has 4 atom stereocenters. The number of halogens is 1. The highest BCUT2D eigenvalue weighted by Gasteiger charge is 2.36. The van der Waals surface area contributed by atoms with Crippen LogP contribution in [0.2, 0.25) is 5.02 Å². The second-order valence-corrected chi connectivity index (χ2v) is 13.3. The van der Waals surface area contributed by atoms with Crippen LogP contribution in [0.25, 0.3) is 0 Å². The molecule has 2 aliphatic rings. The van der Waals surface area contributed by atoms with Gasteiger partial charge in [-0.3, -0.25) is 0 Å². The van der Waals surface area contributed by atoms with Crippen LogP contribution in [-0.2, 0) is 23.1 Å². The molecule has 4 N–H and O–H groups in total. The first kappa shape index (κ1) is 30.4. The number of fused-ring (bicyclic) bond motifs is 2. The van der Waals surface area contributed by atoms with Gasteiger partial charge in [0, 0.05) is 18.1 Å². The number of ether oxygens (including phenoxy) is 1. The number of primary sulfonamides is 1. The zero-order chi connectivity index (χ0) is 28.9. The van der Waals surface area contributed by atoms with E-state index in [2.05, 4.69) is 4.90 Å². The molecule has 0 saturated heterocycles. The SMILES string of the molecule is C[C@@H](C/C=C/[C@H](O)[C@@H]1CC[C@H]1CN1CCCCc2cc(Cl)ccc2COc2ccc(C(=O)O)cc21)CS(N)(=O)=O. The first-order chi connectivity index (χ1) is 19.0. The maximum absolute atomic E-state index is 11.8. The summed E-state index contributed by atoms with van der Waals surface area (Å²) in [6, 6.07) is 10.8. The smallest absolute Gasteiger partial charge is 0.335 e. The van der Waals surface area contributed by atoms with Crippen molar-refractivity contribution in [2.75, 3.05) is 23.7 Å². The number of benzene rings is 2. The maximum Gasteiger partial charge on any atom is 0.335 e. The maximum atomic E-state index is 11.8. The van der Waals surface area contributed by atoms with Crippen LogP contribution in [0.1, 0.15) is 60.5 Å². The van der Waals surface area contributed by atoms with Gasteiger partial charge in [0.25, 0.3) is 0 Å². The summed E-state index contributed by atoms with van der Waals surface area (Å²) in [5, 5.41) is 26.4. The third-order valence-corrected chi connectivity index (χ3v) is 9.25. The minimum absolute atomic E-state index is 0.0707. The van der Waals surface area contributed by atoms with Crippen molar-refractivity contribution >= 4 is 33.3 Å². The molecule has 0 bridgehead atoms. The summed E-state index contributed by atoms with van der Waals surface area (Å²) in [7, 11) is -3.53. The number of allylic oxidation sites excluding steroid dienone is 1. The third kappa shape index (κ3) is 8.22. The van der Waals surface area contributed by atoms with E-state index < -0.39 is 22.1 Å². The standard InChI is InChI=1S/C30H39ClN2O6S/c1-20(19-40(32,37)38)5-4-7-28(34)26-12-9-23(26)17-33-14-3-2-6-21-15-25(31)11-8-24(21)18-39-29-13-10-22(30(35)36)16-27(29)33/h4,7-8,10-11,13,15-16,20,23,26,28,34H,2-3,5-6,9,12,14,17-19H2,1H3,(H,35,36)(H2,32,37,38)/b7-4+/t20-,23-,26+,28-/m0/s1. The lowest BCUT2D eigenvalue weighted by molar-refractivity contribution is 0.0461. The van der Waals surface area contributed by atoms with E-state index in [1.165, 1.54) is 0 Å². The van der Waals surface area contributed by atoms with Crippen LogP contribution in [0.15, 0.2) is 48.6 Å². The minimum Gasteiger partial charge on any atom is -0.487 e. The Morgan fingerprint density at radius 2 is 2.00 bits per heavy atom. The van der Waals surface area contributed by atoms with Gasteiger partial charge in [0.1, 0.15) is 12.4 Å². The summed E-state index contributed by atoms with van der Waals surface area (Å²) in [4.78, 5) is 14.0. The molecule has 0 unspecified atom stereocenters. The molecule has 1 heterocycles. The van der Waals surface area contributed by atoms with Gasteiger partial charge in [0.15, 0.2) is 0 Å². The topological polar surface area (TPSA) is 130 Å². The Morgan fingerprint density at radius 1 is 1.20 bits per heavy atom. The number of nitrogens with zero attached hydrogens (tertiary/aromatic N) is 1. The van der Waals surface area contributed by atoms with Crippen molar-refractivity contribution in [3.8, 4) is 5.75 Å². The van der Waals surface area contributed by atoms with Gasteiger partial charge in [0.05, 0.1) is 23.1 Å². The van der Waals surface area contributed by atoms with E-state index in [0.29, 0.717) is 30.3 Å². The molecule has 10 heteroatoms. The summed E-state index contributed by atoms with van der Waals surface area (Å²) in [6.07, 6.45) is 8.10. The van der Waals surface area contributed by atoms with Crippen LogP contribution in [-0.4, -0.2) is 49.5 Å². The van der Waals surface area contributed by atoms with Crippen molar-refractivity contribution in [2.24, 2.45) is 22.9 Å². The van der Waals surface area contributed by atoms with Gasteiger partial charge in [-0.2, -0.15) is 0 Å². The van der Waals surface area contributed by atoms with E-state index in [-0.39, 0.29) is 29.1 Å². The number of carboxylic acid groups (broad SMARTS) is 1. The van der Waals surface area contributed by atoms with Gasteiger partial charge in [-0.15, -0.1) is 0 Å². The van der Waals surface area contributed by atoms with Crippen LogP contribution in [0.5, 0.6) is 5.75 Å². The van der Waals surface area contributed by atoms with Gasteiger partial charge < -0.3 is 19.8 Å². The molecule has 1 aliphatic carbocycles. The second kappa shape index (κ2) is 13.4. The molecule has 2 aromatic rings. The fourth-order valence-electron chi connectivity index (χ4n) is 5.68. The molecule has 1 saturated carbocycles. The predicted octanol–water partition coefficient (Wildman–Crippen LogP) is 5.02. The van der Waals surface area contributed by atoms with Crippen LogP contribution in [0, 0.1) is 17.8 Å². The Balaban J connectivity index is 1.50. The number of carboxylic acids is 1. The average Bonchev–Trinajstić information content (AvgIpc) is 2.88. The van der Waals surface area contributed by atoms with Crippen molar-refractivity contribution in [1.82, 2.24) is 0 Å². The first-order valence-corrected chi connectivity index (χ1v) is 16.0. The van der Waals surface area contributed by atoms with E-state index in [4.69, 9.17) is 21.5 Å². The number of carbonyl (C=O) groups is 1. The highest BCUT2D eigenvalue weighted by Crippen LogP contribution is 2.40. The molecule has 0 aromatic heterocycles. The molecule has 0 spiro atoms. The summed E-state index contributed by atoms with van der Waals surface area (Å²) in [5.41, 5.74) is 3.19. The molecular weight excluding hydrogens is 552 g/mol. The number of sulfonamides is 1. The average molecular weight is 591 g/mol. The van der Waals surface area contributed by atoms with Crippen molar-refractivity contribution in [3.63, 3.8) is 0 Å². The Labute approximate surface area is 241 Å². The van der Waals surface area contributed by atoms with Gasteiger partial charge in [-0.25, -0.2) is 18.4 Å². The number of nitrogens with two attached hydrogens (primary N) is 1. The van der Waals surface area contributed by atoms with E-state index in [1.54, 1.807) is 24.3 Å². The third-order valence-electron chi connectivity index (χ3n) is 7.98. The monoisotopic (exact) mass is 590 g/mol. The van der Waals surface area contributed by atoms with E-state index in [1.807, 2.05) is 31.2 Å². The molecule has 1 fully saturated rings. The molecule has 218 valence electrons. The number of hydrogen-bond donors (Lipinski definition) is 3. The van der Waals surface area contributed by atoms with Crippen LogP contribution in [0.3, 0.4) is 0 Å². The number of anilines is 1. The first-order valence-electron chi connectivity index (χ1n) is 13.9. The van der Waals surface area contributed by atoms with E-state index in [9.17, 15) is 23.4 Å². The van der Waals surface area contributed by atoms with Crippen LogP contribution in [0.4, 0.5) is 5.69 Å². The molecule has 0 amide bonds. The Bertz CT molecular complexity index is 1330. The molecule has 0 radical (unpaired) electrons. The van der Waals surface area contributed by atoms with Gasteiger partial charge in [0.2, 0.25) is 10.0 Å². The summed E-state index contributed by atoms with van der Waals surface area (Å²) < 4.78 is 28.9. The Morgan fingerprint density at radius 3 is 2.70 bits per heavy atom. The highest BCUT2D eigenvalue weighted by atomic mass is 35.5. The number of aryl methyl sites for hydroxylation is 1. The van der Waals surface area contributed by atoms with Gasteiger partial charge in [-0.05, 0) is 97.7 Å². The lowest BCUT2D eigenvalue weighted by atomic mass is 9.70. The lowest BCUT2D eigenvalue weighted by Gasteiger charge is -2.42. The van der Waals surface area contributed by atoms with E-state index >= 15 is 0 Å². The Hall–Kier alpha value is -2.59. The molecule has 4 rings (SSSR count). The quantitative estimate of drug-likeness (QED) is 0.350. The fourth-order valence-corrected chi connectivity index (χ4v) is 6.81. The zero-order valence-corrected chi connectivity index (χ0v) is 24.4. The lowest BCUT2D eigenvalue weighted by Crippen LogP contribution is -2.43. The fraction of sp³-hybridized carbons (Fsp3) is 0.500. The van der Waals surface area contributed by atoms with Crippen molar-refractivity contribution < 1.29 is 28.2 Å². The number of hydrogen-bond acceptors (Lipinski definition) is 6. The number of aliphatic hydroxyl groups is 1. The van der Waals surface area contributed by atoms with E-state index in [0.717, 1.165) is 55.5 Å².